The number of aromatic amines is 1. The van der Waals surface area contributed by atoms with Crippen LogP contribution in [0.1, 0.15) is 0 Å². The summed E-state index contributed by atoms with van der Waals surface area (Å²) in [5.41, 5.74) is 1.11. The molecule has 2 aromatic carbocycles. The summed E-state index contributed by atoms with van der Waals surface area (Å²) in [4.78, 5) is 37.5. The Kier molecular flexibility index (Phi) is 9.16. The minimum Gasteiger partial charge on any atom is -0.322 e. The van der Waals surface area contributed by atoms with Gasteiger partial charge in [-0.2, -0.15) is 0 Å². The normalized spacial score (nSPS) is 10.5. The topological polar surface area (TPSA) is 149 Å². The molecule has 0 radical (unpaired) electrons. The number of halogens is 4. The zero-order valence-electron chi connectivity index (χ0n) is 16.0. The van der Waals surface area contributed by atoms with Gasteiger partial charge >= 0.3 is 5.20 Å². The second-order valence-corrected chi connectivity index (χ2v) is 13.0. The highest BCUT2D eigenvalue weighted by molar-refractivity contribution is 8.24. The fraction of sp³-hybridized carbons (Fsp3) is 0. The third-order valence-corrected chi connectivity index (χ3v) is 3.98. The molecule has 2 aromatic heterocycles. The molecular weight excluding hydrogens is 541 g/mol. The number of hydrogen-bond acceptors (Lipinski definition) is 7. The van der Waals surface area contributed by atoms with Crippen LogP contribution in [0.15, 0.2) is 65.5 Å². The van der Waals surface area contributed by atoms with Crippen LogP contribution >= 0.6 is 50.5 Å². The van der Waals surface area contributed by atoms with Gasteiger partial charge in [-0.25, -0.2) is 4.98 Å². The number of hydrogen-bond donors (Lipinski definition) is 1. The maximum atomic E-state index is 10.9. The Morgan fingerprint density at radius 3 is 1.91 bits per heavy atom. The Morgan fingerprint density at radius 2 is 1.33 bits per heavy atom. The molecule has 2 heterocycles. The molecule has 0 spiro atoms. The fourth-order valence-electron chi connectivity index (χ4n) is 2.46. The maximum absolute atomic E-state index is 10.9. The molecule has 0 fully saturated rings. The lowest BCUT2D eigenvalue weighted by molar-refractivity contribution is -0.384. The predicted molar refractivity (Wildman–Crippen MR) is 130 cm³/mol. The molecule has 4 rings (SSSR count). The van der Waals surface area contributed by atoms with E-state index in [0.717, 1.165) is 0 Å². The van der Waals surface area contributed by atoms with Crippen molar-refractivity contribution in [2.75, 3.05) is 0 Å². The highest BCUT2D eigenvalue weighted by Gasteiger charge is 2.07. The highest BCUT2D eigenvalue weighted by Crippen LogP contribution is 2.61. The van der Waals surface area contributed by atoms with Crippen LogP contribution in [0.25, 0.3) is 21.8 Å². The van der Waals surface area contributed by atoms with Crippen molar-refractivity contribution in [3.8, 4) is 0 Å². The first kappa shape index (κ1) is 26.5. The van der Waals surface area contributed by atoms with Gasteiger partial charge in [-0.15, -0.1) is 0 Å². The van der Waals surface area contributed by atoms with Gasteiger partial charge in [-0.1, -0.05) is 11.6 Å². The molecule has 0 aliphatic carbocycles. The summed E-state index contributed by atoms with van der Waals surface area (Å²) in [6.07, 6.45) is 0. The van der Waals surface area contributed by atoms with Gasteiger partial charge in [0.2, 0.25) is 5.56 Å². The standard InChI is InChI=1S/C9H5ClN2O2.C9H6N2O3.Cl3OP/c10-9-4-1-6-5-7(12(13)14)2-3-8(6)11-9;12-9-4-1-6-5-7(11(13)14)2-3-8(6)10-9;1-5(2,3)4/h1-5H;1-5H,(H,10,12);. The Labute approximate surface area is 204 Å². The number of nitro benzene ring substituents is 2. The van der Waals surface area contributed by atoms with Crippen LogP contribution in [0.5, 0.6) is 0 Å². The molecule has 0 saturated heterocycles. The smallest absolute Gasteiger partial charge is 0.322 e. The molecule has 15 heteroatoms. The average Bonchev–Trinajstić information content (AvgIpc) is 2.72. The van der Waals surface area contributed by atoms with Crippen molar-refractivity contribution >= 4 is 83.7 Å². The van der Waals surface area contributed by atoms with Crippen molar-refractivity contribution in [3.63, 3.8) is 0 Å². The SMILES string of the molecule is O=P(Cl)(Cl)Cl.O=[N+]([O-])c1ccc2nc(Cl)ccc2c1.O=c1ccc2cc([N+](=O)[O-])ccc2[nH]1. The fourth-order valence-corrected chi connectivity index (χ4v) is 2.61. The van der Waals surface area contributed by atoms with E-state index < -0.39 is 15.0 Å². The minimum absolute atomic E-state index is 0.0181. The molecule has 0 bridgehead atoms. The third-order valence-electron chi connectivity index (χ3n) is 3.77. The molecular formula is C18H11Cl4N4O6P. The number of benzene rings is 2. The molecule has 33 heavy (non-hydrogen) atoms. The van der Waals surface area contributed by atoms with Gasteiger partial charge in [0.1, 0.15) is 5.15 Å². The Hall–Kier alpha value is -2.75. The molecule has 0 aliphatic rings. The molecule has 172 valence electrons. The summed E-state index contributed by atoms with van der Waals surface area (Å²) < 4.78 is 9.51. The van der Waals surface area contributed by atoms with Crippen molar-refractivity contribution in [2.45, 2.75) is 0 Å². The van der Waals surface area contributed by atoms with Crippen LogP contribution in [0.4, 0.5) is 11.4 Å². The Balaban J connectivity index is 0.000000195. The lowest BCUT2D eigenvalue weighted by Crippen LogP contribution is -2.02. The van der Waals surface area contributed by atoms with Gasteiger partial charge in [-0.3, -0.25) is 29.6 Å². The summed E-state index contributed by atoms with van der Waals surface area (Å²) in [5, 5.41) is 19.4. The van der Waals surface area contributed by atoms with Gasteiger partial charge in [0.05, 0.1) is 15.4 Å². The molecule has 4 aromatic rings. The van der Waals surface area contributed by atoms with Crippen molar-refractivity contribution in [1.29, 1.82) is 0 Å². The lowest BCUT2D eigenvalue weighted by Gasteiger charge is -1.97. The first-order valence-electron chi connectivity index (χ1n) is 8.50. The van der Waals surface area contributed by atoms with Crippen LogP contribution in [0.2, 0.25) is 5.15 Å². The van der Waals surface area contributed by atoms with Gasteiger partial charge < -0.3 is 4.98 Å². The maximum Gasteiger partial charge on any atom is 0.339 e. The van der Waals surface area contributed by atoms with Crippen LogP contribution in [-0.2, 0) is 4.57 Å². The Morgan fingerprint density at radius 1 is 0.818 bits per heavy atom. The van der Waals surface area contributed by atoms with Crippen molar-refractivity contribution < 1.29 is 14.4 Å². The first-order valence-corrected chi connectivity index (χ1v) is 13.3. The van der Waals surface area contributed by atoms with Gasteiger partial charge in [-0.05, 0) is 64.1 Å². The monoisotopic (exact) mass is 550 g/mol. The van der Waals surface area contributed by atoms with E-state index in [9.17, 15) is 29.6 Å². The number of nitrogens with zero attached hydrogens (tertiary/aromatic N) is 3. The number of fused-ring (bicyclic) bond motifs is 2. The van der Waals surface area contributed by atoms with E-state index in [1.54, 1.807) is 24.3 Å². The summed E-state index contributed by atoms with van der Waals surface area (Å²) in [5.74, 6) is 0. The van der Waals surface area contributed by atoms with Gasteiger partial charge in [0, 0.05) is 46.6 Å². The molecule has 0 saturated carbocycles. The van der Waals surface area contributed by atoms with E-state index >= 15 is 0 Å². The first-order chi connectivity index (χ1) is 15.3. The number of pyridine rings is 2. The second-order valence-electron chi connectivity index (χ2n) is 6.02. The van der Waals surface area contributed by atoms with Crippen LogP contribution < -0.4 is 5.56 Å². The van der Waals surface area contributed by atoms with Gasteiger partial charge in [0.25, 0.3) is 11.4 Å². The molecule has 10 nitrogen and oxygen atoms in total. The summed E-state index contributed by atoms with van der Waals surface area (Å²) in [6, 6.07) is 15.0. The van der Waals surface area contributed by atoms with E-state index in [1.807, 2.05) is 0 Å². The van der Waals surface area contributed by atoms with E-state index in [2.05, 4.69) is 43.7 Å². The summed E-state index contributed by atoms with van der Waals surface area (Å²) >= 11 is 19.5. The number of rotatable bonds is 2. The number of nitro groups is 2. The largest absolute Gasteiger partial charge is 0.339 e. The number of aromatic nitrogens is 2. The van der Waals surface area contributed by atoms with Crippen molar-refractivity contribution in [2.24, 2.45) is 0 Å². The molecule has 0 aliphatic heterocycles. The van der Waals surface area contributed by atoms with Gasteiger partial charge in [0.15, 0.2) is 0 Å². The zero-order chi connectivity index (χ0) is 24.8. The second kappa shape index (κ2) is 11.4. The average molecular weight is 552 g/mol. The zero-order valence-corrected chi connectivity index (χ0v) is 19.9. The van der Waals surface area contributed by atoms with Crippen LogP contribution in [0.3, 0.4) is 0 Å². The molecule has 0 amide bonds. The van der Waals surface area contributed by atoms with Crippen LogP contribution in [-0.4, -0.2) is 19.8 Å². The third kappa shape index (κ3) is 8.95. The van der Waals surface area contributed by atoms with Crippen molar-refractivity contribution in [3.05, 3.63) is 96.4 Å². The molecule has 0 unspecified atom stereocenters. The molecule has 0 atom stereocenters. The van der Waals surface area contributed by atoms with E-state index in [4.69, 9.17) is 11.6 Å². The minimum atomic E-state index is -3.22. The number of non-ortho nitro benzene ring substituents is 2. The lowest BCUT2D eigenvalue weighted by atomic mass is 10.2. The summed E-state index contributed by atoms with van der Waals surface area (Å²) in [6.45, 7) is 0. The summed E-state index contributed by atoms with van der Waals surface area (Å²) in [7, 11) is 0. The van der Waals surface area contributed by atoms with E-state index in [1.165, 1.54) is 36.4 Å². The predicted octanol–water partition coefficient (Wildman–Crippen LogP) is 7.04. The Bertz CT molecular complexity index is 1430. The van der Waals surface area contributed by atoms with E-state index in [-0.39, 0.29) is 16.9 Å². The van der Waals surface area contributed by atoms with E-state index in [0.29, 0.717) is 27.0 Å². The molecule has 1 N–H and O–H groups in total. The highest BCUT2D eigenvalue weighted by atomic mass is 36.0. The van der Waals surface area contributed by atoms with Crippen molar-refractivity contribution in [1.82, 2.24) is 9.97 Å². The quantitative estimate of drug-likeness (QED) is 0.121. The van der Waals surface area contributed by atoms with Crippen LogP contribution in [0, 0.1) is 20.2 Å². The number of nitrogens with one attached hydrogen (secondary N) is 1. The number of H-pyrrole nitrogens is 1.